The zero-order valence-corrected chi connectivity index (χ0v) is 15.9. The van der Waals surface area contributed by atoms with Crippen molar-refractivity contribution in [2.75, 3.05) is 13.2 Å². The second-order valence-corrected chi connectivity index (χ2v) is 8.59. The topological polar surface area (TPSA) is 64.6 Å². The van der Waals surface area contributed by atoms with Crippen LogP contribution in [0.25, 0.3) is 0 Å². The van der Waals surface area contributed by atoms with E-state index in [4.69, 9.17) is 21.1 Å². The van der Waals surface area contributed by atoms with E-state index in [9.17, 15) is 8.42 Å². The highest BCUT2D eigenvalue weighted by Crippen LogP contribution is 2.35. The van der Waals surface area contributed by atoms with Crippen molar-refractivity contribution in [3.63, 3.8) is 0 Å². The van der Waals surface area contributed by atoms with E-state index in [1.54, 1.807) is 39.0 Å². The summed E-state index contributed by atoms with van der Waals surface area (Å²) in [6.07, 6.45) is 0. The van der Waals surface area contributed by atoms with Crippen molar-refractivity contribution < 1.29 is 17.9 Å². The van der Waals surface area contributed by atoms with Crippen LogP contribution in [0.3, 0.4) is 0 Å². The lowest BCUT2D eigenvalue weighted by Crippen LogP contribution is -2.41. The molecule has 0 saturated heterocycles. The van der Waals surface area contributed by atoms with Crippen LogP contribution < -0.4 is 14.2 Å². The number of hydrogen-bond acceptors (Lipinski definition) is 4. The fourth-order valence-electron chi connectivity index (χ4n) is 2.67. The van der Waals surface area contributed by atoms with Crippen LogP contribution in [0.15, 0.2) is 41.3 Å². The Morgan fingerprint density at radius 1 is 1.04 bits per heavy atom. The first-order chi connectivity index (χ1) is 11.7. The predicted molar refractivity (Wildman–Crippen MR) is 97.0 cm³/mol. The third-order valence-corrected chi connectivity index (χ3v) is 6.17. The zero-order chi connectivity index (χ0) is 18.2. The summed E-state index contributed by atoms with van der Waals surface area (Å²) in [5.41, 5.74) is 0.662. The molecule has 5 nitrogen and oxygen atoms in total. The minimum atomic E-state index is -3.71. The van der Waals surface area contributed by atoms with Gasteiger partial charge >= 0.3 is 0 Å². The van der Waals surface area contributed by atoms with Crippen LogP contribution in [-0.2, 0) is 15.6 Å². The molecule has 0 bridgehead atoms. The Kier molecular flexibility index (Phi) is 4.70. The summed E-state index contributed by atoms with van der Waals surface area (Å²) >= 11 is 5.99. The Balaban J connectivity index is 1.90. The molecule has 1 heterocycles. The van der Waals surface area contributed by atoms with Crippen molar-refractivity contribution in [1.82, 2.24) is 4.72 Å². The highest BCUT2D eigenvalue weighted by Gasteiger charge is 2.29. The molecule has 0 spiro atoms. The fourth-order valence-corrected chi connectivity index (χ4v) is 4.27. The molecule has 7 heteroatoms. The van der Waals surface area contributed by atoms with Gasteiger partial charge in [-0.1, -0.05) is 17.7 Å². The van der Waals surface area contributed by atoms with Crippen LogP contribution in [0.4, 0.5) is 0 Å². The number of nitrogens with one attached hydrogen (secondary N) is 1. The number of rotatable bonds is 4. The highest BCUT2D eigenvalue weighted by molar-refractivity contribution is 7.89. The zero-order valence-electron chi connectivity index (χ0n) is 14.3. The van der Waals surface area contributed by atoms with Crippen molar-refractivity contribution in [2.45, 2.75) is 31.2 Å². The van der Waals surface area contributed by atoms with Gasteiger partial charge in [-0.2, -0.15) is 0 Å². The van der Waals surface area contributed by atoms with Gasteiger partial charge in [0.1, 0.15) is 13.2 Å². The predicted octanol–water partition coefficient (Wildman–Crippen LogP) is 3.63. The Morgan fingerprint density at radius 3 is 2.40 bits per heavy atom. The van der Waals surface area contributed by atoms with E-state index < -0.39 is 15.6 Å². The van der Waals surface area contributed by atoms with Gasteiger partial charge < -0.3 is 9.47 Å². The lowest BCUT2D eigenvalue weighted by molar-refractivity contribution is 0.171. The van der Waals surface area contributed by atoms with Crippen molar-refractivity contribution in [3.05, 3.63) is 52.5 Å². The number of ether oxygens (including phenoxy) is 2. The molecule has 1 N–H and O–H groups in total. The standard InChI is InChI=1S/C18H20ClNO4S/c1-12-10-14(5-6-15(12)19)25(21,22)20-18(2,3)13-4-7-16-17(11-13)24-9-8-23-16/h4-7,10-11,20H,8-9H2,1-3H3. The maximum atomic E-state index is 12.8. The molecule has 1 aliphatic rings. The van der Waals surface area contributed by atoms with E-state index in [2.05, 4.69) is 4.72 Å². The monoisotopic (exact) mass is 381 g/mol. The van der Waals surface area contributed by atoms with Crippen molar-refractivity contribution in [2.24, 2.45) is 0 Å². The summed E-state index contributed by atoms with van der Waals surface area (Å²) in [5.74, 6) is 1.29. The average molecular weight is 382 g/mol. The van der Waals surface area contributed by atoms with Gasteiger partial charge in [0.25, 0.3) is 0 Å². The minimum absolute atomic E-state index is 0.181. The quantitative estimate of drug-likeness (QED) is 0.878. The average Bonchev–Trinajstić information content (AvgIpc) is 2.56. The molecule has 0 aliphatic carbocycles. The van der Waals surface area contributed by atoms with Gasteiger partial charge in [-0.05, 0) is 62.2 Å². The van der Waals surface area contributed by atoms with Gasteiger partial charge in [0.15, 0.2) is 11.5 Å². The summed E-state index contributed by atoms with van der Waals surface area (Å²) in [6.45, 7) is 6.37. The number of benzene rings is 2. The molecule has 2 aromatic carbocycles. The van der Waals surface area contributed by atoms with E-state index in [-0.39, 0.29) is 4.90 Å². The molecule has 3 rings (SSSR count). The van der Waals surface area contributed by atoms with Crippen LogP contribution in [-0.4, -0.2) is 21.6 Å². The van der Waals surface area contributed by atoms with Crippen molar-refractivity contribution in [3.8, 4) is 11.5 Å². The Morgan fingerprint density at radius 2 is 1.72 bits per heavy atom. The molecule has 0 aromatic heterocycles. The Bertz CT molecular complexity index is 909. The number of halogens is 1. The lowest BCUT2D eigenvalue weighted by atomic mass is 9.95. The van der Waals surface area contributed by atoms with Gasteiger partial charge in [-0.25, -0.2) is 13.1 Å². The normalized spacial score (nSPS) is 14.4. The molecule has 0 saturated carbocycles. The Hall–Kier alpha value is -1.76. The molecule has 0 fully saturated rings. The third kappa shape index (κ3) is 3.76. The van der Waals surface area contributed by atoms with E-state index in [1.165, 1.54) is 6.07 Å². The number of fused-ring (bicyclic) bond motifs is 1. The van der Waals surface area contributed by atoms with Crippen molar-refractivity contribution >= 4 is 21.6 Å². The third-order valence-electron chi connectivity index (χ3n) is 4.09. The van der Waals surface area contributed by atoms with E-state index in [0.29, 0.717) is 35.3 Å². The molecule has 0 unspecified atom stereocenters. The minimum Gasteiger partial charge on any atom is -0.486 e. The van der Waals surface area contributed by atoms with Crippen LogP contribution in [0.2, 0.25) is 5.02 Å². The lowest BCUT2D eigenvalue weighted by Gasteiger charge is -2.28. The molecule has 0 atom stereocenters. The second kappa shape index (κ2) is 6.52. The Labute approximate surface area is 153 Å². The largest absolute Gasteiger partial charge is 0.486 e. The maximum Gasteiger partial charge on any atom is 0.241 e. The SMILES string of the molecule is Cc1cc(S(=O)(=O)NC(C)(C)c2ccc3c(c2)OCCO3)ccc1Cl. The molecule has 0 amide bonds. The van der Waals surface area contributed by atoms with Gasteiger partial charge in [0.05, 0.1) is 10.4 Å². The summed E-state index contributed by atoms with van der Waals surface area (Å²) in [6, 6.07) is 10.1. The van der Waals surface area contributed by atoms with Crippen LogP contribution in [0, 0.1) is 6.92 Å². The molecule has 0 radical (unpaired) electrons. The first-order valence-electron chi connectivity index (χ1n) is 7.89. The number of hydrogen-bond donors (Lipinski definition) is 1. The summed E-state index contributed by atoms with van der Waals surface area (Å²) < 4.78 is 39.4. The summed E-state index contributed by atoms with van der Waals surface area (Å²) in [7, 11) is -3.71. The molecule has 1 aliphatic heterocycles. The summed E-state index contributed by atoms with van der Waals surface area (Å²) in [5, 5.41) is 0.532. The van der Waals surface area contributed by atoms with Gasteiger partial charge in [0.2, 0.25) is 10.0 Å². The molecular weight excluding hydrogens is 362 g/mol. The molecular formula is C18H20ClNO4S. The highest BCUT2D eigenvalue weighted by atomic mass is 35.5. The first-order valence-corrected chi connectivity index (χ1v) is 9.75. The maximum absolute atomic E-state index is 12.8. The molecule has 25 heavy (non-hydrogen) atoms. The number of aryl methyl sites for hydroxylation is 1. The first kappa shape index (κ1) is 18.0. The van der Waals surface area contributed by atoms with Gasteiger partial charge in [-0.3, -0.25) is 0 Å². The summed E-state index contributed by atoms with van der Waals surface area (Å²) in [4.78, 5) is 0.181. The molecule has 134 valence electrons. The van der Waals surface area contributed by atoms with E-state index in [0.717, 1.165) is 5.56 Å². The van der Waals surface area contributed by atoms with Crippen molar-refractivity contribution in [1.29, 1.82) is 0 Å². The van der Waals surface area contributed by atoms with E-state index >= 15 is 0 Å². The number of sulfonamides is 1. The van der Waals surface area contributed by atoms with Crippen LogP contribution >= 0.6 is 11.6 Å². The smallest absolute Gasteiger partial charge is 0.241 e. The van der Waals surface area contributed by atoms with Crippen LogP contribution in [0.5, 0.6) is 11.5 Å². The van der Waals surface area contributed by atoms with E-state index in [1.807, 2.05) is 12.1 Å². The fraction of sp³-hybridized carbons (Fsp3) is 0.333. The van der Waals surface area contributed by atoms with Crippen LogP contribution in [0.1, 0.15) is 25.0 Å². The molecule has 2 aromatic rings. The van der Waals surface area contributed by atoms with Gasteiger partial charge in [0, 0.05) is 5.02 Å². The second-order valence-electron chi connectivity index (χ2n) is 6.50. The van der Waals surface area contributed by atoms with Gasteiger partial charge in [-0.15, -0.1) is 0 Å².